The number of hydrogen-bond donors (Lipinski definition) is 2. The van der Waals surface area contributed by atoms with Crippen LogP contribution < -0.4 is 5.32 Å². The molecule has 0 saturated carbocycles. The van der Waals surface area contributed by atoms with E-state index in [0.29, 0.717) is 23.8 Å². The third-order valence-corrected chi connectivity index (χ3v) is 5.56. The molecule has 0 saturated heterocycles. The van der Waals surface area contributed by atoms with Gasteiger partial charge in [-0.15, -0.1) is 0 Å². The molecule has 0 fully saturated rings. The fraction of sp³-hybridized carbons (Fsp3) is 0.393. The van der Waals surface area contributed by atoms with E-state index in [4.69, 9.17) is 11.6 Å². The van der Waals surface area contributed by atoms with Gasteiger partial charge >= 0.3 is 0 Å². The molecule has 0 aliphatic heterocycles. The fourth-order valence-corrected chi connectivity index (χ4v) is 3.33. The van der Waals surface area contributed by atoms with E-state index in [1.54, 1.807) is 42.7 Å². The fourth-order valence-electron chi connectivity index (χ4n) is 3.21. The monoisotopic (exact) mass is 498 g/mol. The molecule has 6 nitrogen and oxygen atoms in total. The Kier molecular flexibility index (Phi) is 14.5. The van der Waals surface area contributed by atoms with Gasteiger partial charge in [-0.25, -0.2) is 4.98 Å². The molecule has 2 aromatic heterocycles. The van der Waals surface area contributed by atoms with E-state index in [1.807, 2.05) is 71.0 Å². The van der Waals surface area contributed by atoms with E-state index in [2.05, 4.69) is 15.3 Å². The molecule has 0 radical (unpaired) electrons. The average Bonchev–Trinajstić information content (AvgIpc) is 2.93. The normalized spacial score (nSPS) is 11.8. The molecule has 0 aliphatic rings. The Hall–Kier alpha value is -2.80. The maximum Gasteiger partial charge on any atom is 0.254 e. The molecule has 3 rings (SSSR count). The van der Waals surface area contributed by atoms with Gasteiger partial charge in [0.25, 0.3) is 5.91 Å². The van der Waals surface area contributed by atoms with Crippen LogP contribution in [0.2, 0.25) is 5.15 Å². The van der Waals surface area contributed by atoms with Gasteiger partial charge in [0, 0.05) is 43.3 Å². The van der Waals surface area contributed by atoms with E-state index in [9.17, 15) is 9.90 Å². The molecule has 7 heteroatoms. The Morgan fingerprint density at radius 1 is 1.03 bits per heavy atom. The van der Waals surface area contributed by atoms with Crippen molar-refractivity contribution in [2.24, 2.45) is 0 Å². The number of carbonyl (C=O) groups is 1. The maximum atomic E-state index is 12.8. The van der Waals surface area contributed by atoms with Crippen molar-refractivity contribution in [3.63, 3.8) is 0 Å². The van der Waals surface area contributed by atoms with E-state index in [1.165, 1.54) is 0 Å². The zero-order valence-electron chi connectivity index (χ0n) is 21.7. The van der Waals surface area contributed by atoms with Crippen molar-refractivity contribution in [1.29, 1.82) is 0 Å². The smallest absolute Gasteiger partial charge is 0.254 e. The summed E-state index contributed by atoms with van der Waals surface area (Å²) in [5, 5.41) is 13.8. The Labute approximate surface area is 215 Å². The lowest BCUT2D eigenvalue weighted by atomic mass is 10.1. The van der Waals surface area contributed by atoms with Gasteiger partial charge in [-0.1, -0.05) is 63.6 Å². The van der Waals surface area contributed by atoms with Crippen LogP contribution in [-0.2, 0) is 6.42 Å². The Morgan fingerprint density at radius 3 is 2.29 bits per heavy atom. The standard InChI is InChI=1S/C24H27ClN4O2.2C2H6/c1-17(20-4-3-12-26-14-20)29(2)24(31)19-7-5-18(6-8-19)11-13-27-16-22(30)21-9-10-23(25)28-15-21;2*1-2/h3-10,12,14-15,17,22,27,30H,11,13,16H2,1-2H3;2*1-2H3. The van der Waals surface area contributed by atoms with Crippen LogP contribution in [0.1, 0.15) is 73.8 Å². The number of carbonyl (C=O) groups excluding carboxylic acids is 1. The summed E-state index contributed by atoms with van der Waals surface area (Å²) in [5.74, 6) is -0.0271. The highest BCUT2D eigenvalue weighted by Crippen LogP contribution is 2.20. The predicted octanol–water partition coefficient (Wildman–Crippen LogP) is 5.88. The van der Waals surface area contributed by atoms with Crippen LogP contribution in [0.3, 0.4) is 0 Å². The number of aromatic nitrogens is 2. The first-order chi connectivity index (χ1) is 17.0. The third-order valence-electron chi connectivity index (χ3n) is 5.33. The minimum atomic E-state index is -0.637. The predicted molar refractivity (Wildman–Crippen MR) is 145 cm³/mol. The summed E-state index contributed by atoms with van der Waals surface area (Å²) in [7, 11) is 1.80. The number of benzene rings is 1. The number of pyridine rings is 2. The summed E-state index contributed by atoms with van der Waals surface area (Å²) < 4.78 is 0. The molecule has 2 atom stereocenters. The van der Waals surface area contributed by atoms with Gasteiger partial charge in [0.05, 0.1) is 12.1 Å². The number of hydrogen-bond acceptors (Lipinski definition) is 5. The highest BCUT2D eigenvalue weighted by Gasteiger charge is 2.19. The van der Waals surface area contributed by atoms with Gasteiger partial charge in [0.15, 0.2) is 0 Å². The summed E-state index contributed by atoms with van der Waals surface area (Å²) >= 11 is 5.77. The second-order valence-electron chi connectivity index (χ2n) is 7.46. The quantitative estimate of drug-likeness (QED) is 0.284. The van der Waals surface area contributed by atoms with Gasteiger partial charge in [0.1, 0.15) is 5.15 Å². The Balaban J connectivity index is 0.00000145. The first-order valence-corrected chi connectivity index (χ1v) is 12.6. The number of rotatable bonds is 9. The molecule has 2 heterocycles. The van der Waals surface area contributed by atoms with Crippen molar-refractivity contribution in [3.05, 3.63) is 94.5 Å². The molecule has 1 amide bonds. The first-order valence-electron chi connectivity index (χ1n) is 12.2. The van der Waals surface area contributed by atoms with Gasteiger partial charge in [-0.3, -0.25) is 9.78 Å². The zero-order valence-corrected chi connectivity index (χ0v) is 22.5. The SMILES string of the molecule is CC.CC.CC(c1cccnc1)N(C)C(=O)c1ccc(CCNCC(O)c2ccc(Cl)nc2)cc1. The molecule has 1 aromatic carbocycles. The van der Waals surface area contributed by atoms with E-state index in [-0.39, 0.29) is 11.9 Å². The lowest BCUT2D eigenvalue weighted by molar-refractivity contribution is 0.0742. The van der Waals surface area contributed by atoms with Crippen molar-refractivity contribution in [2.45, 2.75) is 53.2 Å². The number of nitrogens with zero attached hydrogens (tertiary/aromatic N) is 3. The topological polar surface area (TPSA) is 78.4 Å². The van der Waals surface area contributed by atoms with Crippen LogP contribution in [0, 0.1) is 0 Å². The number of nitrogens with one attached hydrogen (secondary N) is 1. The van der Waals surface area contributed by atoms with Crippen molar-refractivity contribution in [2.75, 3.05) is 20.1 Å². The van der Waals surface area contributed by atoms with Crippen molar-refractivity contribution in [3.8, 4) is 0 Å². The summed E-state index contributed by atoms with van der Waals surface area (Å²) in [5.41, 5.74) is 3.50. The van der Waals surface area contributed by atoms with Crippen molar-refractivity contribution >= 4 is 17.5 Å². The second kappa shape index (κ2) is 16.8. The number of halogens is 1. The molecule has 2 unspecified atom stereocenters. The summed E-state index contributed by atoms with van der Waals surface area (Å²) in [6.07, 6.45) is 5.24. The second-order valence-corrected chi connectivity index (χ2v) is 7.85. The minimum Gasteiger partial charge on any atom is -0.387 e. The van der Waals surface area contributed by atoms with Crippen molar-refractivity contribution in [1.82, 2.24) is 20.2 Å². The highest BCUT2D eigenvalue weighted by atomic mass is 35.5. The average molecular weight is 499 g/mol. The maximum absolute atomic E-state index is 12.8. The summed E-state index contributed by atoms with van der Waals surface area (Å²) in [6, 6.07) is 14.9. The van der Waals surface area contributed by atoms with E-state index < -0.39 is 6.10 Å². The van der Waals surface area contributed by atoms with E-state index in [0.717, 1.165) is 23.1 Å². The van der Waals surface area contributed by atoms with Crippen LogP contribution >= 0.6 is 11.6 Å². The van der Waals surface area contributed by atoms with Crippen LogP contribution in [0.15, 0.2) is 67.1 Å². The van der Waals surface area contributed by atoms with Crippen LogP contribution in [0.4, 0.5) is 0 Å². The van der Waals surface area contributed by atoms with Crippen LogP contribution in [0.25, 0.3) is 0 Å². The largest absolute Gasteiger partial charge is 0.387 e. The molecule has 190 valence electrons. The third kappa shape index (κ3) is 9.76. The lowest BCUT2D eigenvalue weighted by Gasteiger charge is -2.25. The van der Waals surface area contributed by atoms with E-state index >= 15 is 0 Å². The van der Waals surface area contributed by atoms with Gasteiger partial charge < -0.3 is 15.3 Å². The summed E-state index contributed by atoms with van der Waals surface area (Å²) in [6.45, 7) is 11.1. The lowest BCUT2D eigenvalue weighted by Crippen LogP contribution is -2.29. The zero-order chi connectivity index (χ0) is 26.2. The minimum absolute atomic E-state index is 0.0271. The van der Waals surface area contributed by atoms with Crippen LogP contribution in [-0.4, -0.2) is 46.0 Å². The molecule has 0 bridgehead atoms. The Morgan fingerprint density at radius 2 is 1.71 bits per heavy atom. The molecule has 3 aromatic rings. The molecular weight excluding hydrogens is 460 g/mol. The number of amides is 1. The van der Waals surface area contributed by atoms with Gasteiger partial charge in [-0.05, 0) is 55.3 Å². The van der Waals surface area contributed by atoms with Crippen LogP contribution in [0.5, 0.6) is 0 Å². The molecule has 35 heavy (non-hydrogen) atoms. The first kappa shape index (κ1) is 30.2. The van der Waals surface area contributed by atoms with Crippen molar-refractivity contribution < 1.29 is 9.90 Å². The number of aliphatic hydroxyl groups excluding tert-OH is 1. The number of aliphatic hydroxyl groups is 1. The van der Waals surface area contributed by atoms with Gasteiger partial charge in [-0.2, -0.15) is 0 Å². The molecule has 0 spiro atoms. The molecule has 0 aliphatic carbocycles. The molecular formula is C28H39ClN4O2. The Bertz CT molecular complexity index is 967. The van der Waals surface area contributed by atoms with Gasteiger partial charge in [0.2, 0.25) is 0 Å². The summed E-state index contributed by atoms with van der Waals surface area (Å²) in [4.78, 5) is 22.6. The highest BCUT2D eigenvalue weighted by molar-refractivity contribution is 6.29. The molecule has 2 N–H and O–H groups in total.